The van der Waals surface area contributed by atoms with Gasteiger partial charge in [-0.1, -0.05) is 18.2 Å². The van der Waals surface area contributed by atoms with Crippen LogP contribution in [0.2, 0.25) is 0 Å². The maximum Gasteiger partial charge on any atom is 0.0634 e. The standard InChI is InChI=1S/C17H15Br2NS/c1-10-7-13(18)17(14(19)8-10)20-11(2)16-9-12-5-3-4-6-15(12)21-16/h3-9,11,20H,1-2H3. The van der Waals surface area contributed by atoms with E-state index in [1.807, 2.05) is 11.3 Å². The van der Waals surface area contributed by atoms with Crippen LogP contribution in [0.3, 0.4) is 0 Å². The van der Waals surface area contributed by atoms with Gasteiger partial charge in [0.25, 0.3) is 0 Å². The van der Waals surface area contributed by atoms with Crippen LogP contribution in [-0.4, -0.2) is 0 Å². The summed E-state index contributed by atoms with van der Waals surface area (Å²) in [5.74, 6) is 0. The molecule has 4 heteroatoms. The molecule has 0 saturated carbocycles. The van der Waals surface area contributed by atoms with E-state index in [4.69, 9.17) is 0 Å². The zero-order valence-electron chi connectivity index (χ0n) is 11.8. The Morgan fingerprint density at radius 3 is 2.38 bits per heavy atom. The van der Waals surface area contributed by atoms with E-state index in [0.717, 1.165) is 14.6 Å². The van der Waals surface area contributed by atoms with Crippen LogP contribution in [0.4, 0.5) is 5.69 Å². The van der Waals surface area contributed by atoms with Gasteiger partial charge in [-0.2, -0.15) is 0 Å². The number of halogens is 2. The topological polar surface area (TPSA) is 12.0 Å². The number of hydrogen-bond donors (Lipinski definition) is 1. The van der Waals surface area contributed by atoms with E-state index >= 15 is 0 Å². The normalized spacial score (nSPS) is 12.6. The number of rotatable bonds is 3. The van der Waals surface area contributed by atoms with Crippen molar-refractivity contribution in [1.29, 1.82) is 0 Å². The first kappa shape index (κ1) is 15.1. The molecule has 0 aliphatic rings. The first-order valence-electron chi connectivity index (χ1n) is 6.75. The Hall–Kier alpha value is -0.840. The third kappa shape index (κ3) is 3.17. The average molecular weight is 425 g/mol. The van der Waals surface area contributed by atoms with Gasteiger partial charge in [0, 0.05) is 18.5 Å². The third-order valence-electron chi connectivity index (χ3n) is 3.42. The van der Waals surface area contributed by atoms with Gasteiger partial charge < -0.3 is 5.32 Å². The summed E-state index contributed by atoms with van der Waals surface area (Å²) >= 11 is 9.14. The van der Waals surface area contributed by atoms with Crippen molar-refractivity contribution in [2.24, 2.45) is 0 Å². The molecule has 0 fully saturated rings. The van der Waals surface area contributed by atoms with Crippen LogP contribution in [-0.2, 0) is 0 Å². The predicted octanol–water partition coefficient (Wildman–Crippen LogP) is 6.91. The summed E-state index contributed by atoms with van der Waals surface area (Å²) in [7, 11) is 0. The third-order valence-corrected chi connectivity index (χ3v) is 5.97. The molecule has 1 heterocycles. The molecule has 3 aromatic rings. The largest absolute Gasteiger partial charge is 0.376 e. The van der Waals surface area contributed by atoms with Gasteiger partial charge in [0.05, 0.1) is 11.7 Å². The van der Waals surface area contributed by atoms with Crippen molar-refractivity contribution < 1.29 is 0 Å². The highest BCUT2D eigenvalue weighted by atomic mass is 79.9. The number of thiophene rings is 1. The predicted molar refractivity (Wildman–Crippen MR) is 100 cm³/mol. The summed E-state index contributed by atoms with van der Waals surface area (Å²) in [5.41, 5.74) is 2.33. The molecule has 0 radical (unpaired) electrons. The van der Waals surface area contributed by atoms with Crippen molar-refractivity contribution in [3.63, 3.8) is 0 Å². The van der Waals surface area contributed by atoms with Gasteiger partial charge in [0.1, 0.15) is 0 Å². The smallest absolute Gasteiger partial charge is 0.0634 e. The lowest BCUT2D eigenvalue weighted by Gasteiger charge is -2.17. The molecule has 0 aliphatic carbocycles. The molecule has 1 aromatic heterocycles. The van der Waals surface area contributed by atoms with Gasteiger partial charge >= 0.3 is 0 Å². The zero-order valence-corrected chi connectivity index (χ0v) is 15.8. The maximum absolute atomic E-state index is 3.64. The van der Waals surface area contributed by atoms with Crippen LogP contribution in [0.15, 0.2) is 51.4 Å². The summed E-state index contributed by atoms with van der Waals surface area (Å²) in [6.07, 6.45) is 0. The van der Waals surface area contributed by atoms with Gasteiger partial charge in [-0.3, -0.25) is 0 Å². The number of anilines is 1. The van der Waals surface area contributed by atoms with E-state index in [0.29, 0.717) is 0 Å². The fourth-order valence-corrected chi connectivity index (χ4v) is 5.05. The molecule has 108 valence electrons. The summed E-state index contributed by atoms with van der Waals surface area (Å²) in [4.78, 5) is 1.34. The zero-order chi connectivity index (χ0) is 15.0. The maximum atomic E-state index is 3.64. The molecule has 1 N–H and O–H groups in total. The lowest BCUT2D eigenvalue weighted by Crippen LogP contribution is -2.06. The molecule has 0 amide bonds. The summed E-state index contributed by atoms with van der Waals surface area (Å²) in [5, 5.41) is 4.91. The minimum Gasteiger partial charge on any atom is -0.376 e. The SMILES string of the molecule is Cc1cc(Br)c(NC(C)c2cc3ccccc3s2)c(Br)c1. The fraction of sp³-hybridized carbons (Fsp3) is 0.176. The Balaban J connectivity index is 1.91. The van der Waals surface area contributed by atoms with E-state index in [-0.39, 0.29) is 6.04 Å². The second kappa shape index (κ2) is 6.11. The highest BCUT2D eigenvalue weighted by Crippen LogP contribution is 2.37. The van der Waals surface area contributed by atoms with Gasteiger partial charge in [0.15, 0.2) is 0 Å². The molecule has 0 spiro atoms. The molecule has 2 aromatic carbocycles. The van der Waals surface area contributed by atoms with Crippen LogP contribution < -0.4 is 5.32 Å². The Morgan fingerprint density at radius 1 is 1.05 bits per heavy atom. The van der Waals surface area contributed by atoms with Gasteiger partial charge in [0.2, 0.25) is 0 Å². The summed E-state index contributed by atoms with van der Waals surface area (Å²) in [6.45, 7) is 4.29. The summed E-state index contributed by atoms with van der Waals surface area (Å²) in [6, 6.07) is 15.3. The van der Waals surface area contributed by atoms with Crippen molar-refractivity contribution in [3.8, 4) is 0 Å². The lowest BCUT2D eigenvalue weighted by atomic mass is 10.2. The highest BCUT2D eigenvalue weighted by molar-refractivity contribution is 9.11. The average Bonchev–Trinajstić information content (AvgIpc) is 2.86. The molecule has 1 unspecified atom stereocenters. The Bertz CT molecular complexity index is 738. The Kier molecular flexibility index (Phi) is 4.38. The van der Waals surface area contributed by atoms with Crippen LogP contribution in [0.5, 0.6) is 0 Å². The monoisotopic (exact) mass is 423 g/mol. The second-order valence-corrected chi connectivity index (χ2v) is 7.98. The van der Waals surface area contributed by atoms with Crippen molar-refractivity contribution >= 4 is 59.0 Å². The van der Waals surface area contributed by atoms with E-state index in [1.54, 1.807) is 0 Å². The number of hydrogen-bond acceptors (Lipinski definition) is 2. The van der Waals surface area contributed by atoms with E-state index in [9.17, 15) is 0 Å². The molecular formula is C17H15Br2NS. The van der Waals surface area contributed by atoms with Crippen molar-refractivity contribution in [3.05, 3.63) is 61.9 Å². The minimum absolute atomic E-state index is 0.262. The molecular weight excluding hydrogens is 410 g/mol. The van der Waals surface area contributed by atoms with Crippen molar-refractivity contribution in [2.75, 3.05) is 5.32 Å². The lowest BCUT2D eigenvalue weighted by molar-refractivity contribution is 0.906. The number of aryl methyl sites for hydroxylation is 1. The van der Waals surface area contributed by atoms with Gasteiger partial charge in [-0.15, -0.1) is 11.3 Å². The Morgan fingerprint density at radius 2 is 1.71 bits per heavy atom. The van der Waals surface area contributed by atoms with Crippen LogP contribution in [0.1, 0.15) is 23.4 Å². The van der Waals surface area contributed by atoms with Crippen LogP contribution in [0, 0.1) is 6.92 Å². The number of benzene rings is 2. The first-order valence-corrected chi connectivity index (χ1v) is 9.15. The summed E-state index contributed by atoms with van der Waals surface area (Å²) < 4.78 is 3.51. The molecule has 3 rings (SSSR count). The highest BCUT2D eigenvalue weighted by Gasteiger charge is 2.13. The van der Waals surface area contributed by atoms with Gasteiger partial charge in [-0.25, -0.2) is 0 Å². The quantitative estimate of drug-likeness (QED) is 0.481. The molecule has 1 atom stereocenters. The van der Waals surface area contributed by atoms with E-state index in [1.165, 1.54) is 20.5 Å². The van der Waals surface area contributed by atoms with E-state index in [2.05, 4.69) is 93.5 Å². The molecule has 0 aliphatic heterocycles. The van der Waals surface area contributed by atoms with Gasteiger partial charge in [-0.05, 0) is 80.9 Å². The molecule has 0 saturated heterocycles. The number of nitrogens with one attached hydrogen (secondary N) is 1. The van der Waals surface area contributed by atoms with E-state index < -0.39 is 0 Å². The van der Waals surface area contributed by atoms with Crippen molar-refractivity contribution in [2.45, 2.75) is 19.9 Å². The Labute approximate surface area is 145 Å². The van der Waals surface area contributed by atoms with Crippen LogP contribution in [0.25, 0.3) is 10.1 Å². The fourth-order valence-electron chi connectivity index (χ4n) is 2.34. The molecule has 1 nitrogen and oxygen atoms in total. The molecule has 0 bridgehead atoms. The van der Waals surface area contributed by atoms with Crippen LogP contribution >= 0.6 is 43.2 Å². The second-order valence-electron chi connectivity index (χ2n) is 5.16. The first-order chi connectivity index (χ1) is 10.0. The minimum atomic E-state index is 0.262. The molecule has 21 heavy (non-hydrogen) atoms. The van der Waals surface area contributed by atoms with Crippen molar-refractivity contribution in [1.82, 2.24) is 0 Å². The number of fused-ring (bicyclic) bond motifs is 1.